The van der Waals surface area contributed by atoms with Gasteiger partial charge in [0.15, 0.2) is 10.8 Å². The minimum absolute atomic E-state index is 0.00777. The third-order valence-electron chi connectivity index (χ3n) is 4.74. The molecule has 1 amide bonds. The average Bonchev–Trinajstić information content (AvgIpc) is 3.25. The maximum Gasteiger partial charge on any atom is 0.230 e. The fourth-order valence-electron chi connectivity index (χ4n) is 3.46. The molecule has 0 saturated carbocycles. The molecule has 0 radical (unpaired) electrons. The Balaban J connectivity index is 1.45. The molecule has 1 saturated heterocycles. The van der Waals surface area contributed by atoms with Gasteiger partial charge in [-0.15, -0.1) is 0 Å². The van der Waals surface area contributed by atoms with Crippen LogP contribution in [0, 0.1) is 5.95 Å². The van der Waals surface area contributed by atoms with E-state index >= 15 is 0 Å². The number of nitrogens with one attached hydrogen (secondary N) is 1. The molecule has 0 unspecified atom stereocenters. The van der Waals surface area contributed by atoms with Crippen molar-refractivity contribution in [2.45, 2.75) is 39.0 Å². The molecule has 1 N–H and O–H groups in total. The average molecular weight is 404 g/mol. The van der Waals surface area contributed by atoms with Crippen molar-refractivity contribution in [2.24, 2.45) is 7.05 Å². The van der Waals surface area contributed by atoms with Gasteiger partial charge in [0.2, 0.25) is 11.9 Å². The Kier molecular flexibility index (Phi) is 4.98. The fraction of sp³-hybridized carbons (Fsp3) is 0.444. The first-order valence-corrected chi connectivity index (χ1v) is 9.82. The van der Waals surface area contributed by atoms with Crippen LogP contribution in [-0.2, 0) is 18.4 Å². The number of hydrogen-bond acceptors (Lipinski definition) is 7. The van der Waals surface area contributed by atoms with E-state index in [0.29, 0.717) is 23.6 Å². The first-order chi connectivity index (χ1) is 13.4. The lowest BCUT2D eigenvalue weighted by Crippen LogP contribution is -2.28. The predicted octanol–water partition coefficient (Wildman–Crippen LogP) is 2.56. The summed E-state index contributed by atoms with van der Waals surface area (Å²) in [6.07, 6.45) is 4.41. The van der Waals surface area contributed by atoms with Crippen LogP contribution in [0.1, 0.15) is 25.1 Å². The van der Waals surface area contributed by atoms with Crippen LogP contribution in [0.5, 0.6) is 5.75 Å². The van der Waals surface area contributed by atoms with Crippen molar-refractivity contribution in [3.8, 4) is 5.75 Å². The number of aryl methyl sites for hydroxylation is 1. The molecule has 1 aliphatic rings. The molecule has 1 fully saturated rings. The van der Waals surface area contributed by atoms with E-state index in [-0.39, 0.29) is 23.2 Å². The Hall–Kier alpha value is -2.59. The quantitative estimate of drug-likeness (QED) is 0.704. The maximum absolute atomic E-state index is 14.1. The fourth-order valence-corrected chi connectivity index (χ4v) is 4.38. The minimum atomic E-state index is -0.531. The van der Waals surface area contributed by atoms with E-state index in [1.165, 1.54) is 18.3 Å². The van der Waals surface area contributed by atoms with Crippen LogP contribution in [0.25, 0.3) is 11.0 Å². The smallest absolute Gasteiger partial charge is 0.230 e. The number of carbonyl (C=O) groups excluding carboxylic acids is 1. The van der Waals surface area contributed by atoms with Crippen LogP contribution in [0.2, 0.25) is 0 Å². The molecule has 8 nitrogen and oxygen atoms in total. The Labute approximate surface area is 165 Å². The summed E-state index contributed by atoms with van der Waals surface area (Å²) >= 11 is 1.17. The van der Waals surface area contributed by atoms with E-state index in [1.807, 2.05) is 19.3 Å². The number of fused-ring (bicyclic) bond motifs is 1. The van der Waals surface area contributed by atoms with Crippen molar-refractivity contribution < 1.29 is 13.9 Å². The monoisotopic (exact) mass is 404 g/mol. The van der Waals surface area contributed by atoms with Crippen molar-refractivity contribution in [2.75, 3.05) is 11.9 Å². The minimum Gasteiger partial charge on any atom is -0.488 e. The van der Waals surface area contributed by atoms with Gasteiger partial charge in [-0.3, -0.25) is 14.4 Å². The Morgan fingerprint density at radius 2 is 2.32 bits per heavy atom. The number of pyridine rings is 1. The molecule has 1 aliphatic heterocycles. The number of likely N-dealkylation sites (tertiary alicyclic amines) is 1. The molecule has 0 aliphatic carbocycles. The summed E-state index contributed by atoms with van der Waals surface area (Å²) < 4.78 is 22.1. The third-order valence-corrected chi connectivity index (χ3v) is 5.67. The maximum atomic E-state index is 14.1. The van der Waals surface area contributed by atoms with Crippen LogP contribution < -0.4 is 10.1 Å². The predicted molar refractivity (Wildman–Crippen MR) is 104 cm³/mol. The standard InChI is InChI=1S/C18H21FN6O2S/c1-10-6-12(27-14-4-5-20-17-13(14)8-24(3)23-17)7-25(10)9-15-16(19)22-18(28-15)21-11(2)26/h4-5,8,10,12H,6-7,9H2,1-3H3,(H,21,22,26)/t10-,12+/m0/s1. The summed E-state index contributed by atoms with van der Waals surface area (Å²) in [5, 5.41) is 8.01. The molecule has 0 spiro atoms. The summed E-state index contributed by atoms with van der Waals surface area (Å²) in [4.78, 5) is 21.9. The normalized spacial score (nSPS) is 20.0. The van der Waals surface area contributed by atoms with Crippen molar-refractivity contribution in [3.05, 3.63) is 29.3 Å². The number of aromatic nitrogens is 4. The summed E-state index contributed by atoms with van der Waals surface area (Å²) in [5.41, 5.74) is 0.653. The zero-order valence-electron chi connectivity index (χ0n) is 15.8. The van der Waals surface area contributed by atoms with Crippen molar-refractivity contribution in [1.82, 2.24) is 24.6 Å². The highest BCUT2D eigenvalue weighted by atomic mass is 32.1. The Morgan fingerprint density at radius 3 is 3.11 bits per heavy atom. The van der Waals surface area contributed by atoms with Crippen molar-refractivity contribution in [3.63, 3.8) is 0 Å². The molecule has 10 heteroatoms. The van der Waals surface area contributed by atoms with Crippen LogP contribution in [-0.4, -0.2) is 49.2 Å². The van der Waals surface area contributed by atoms with Gasteiger partial charge < -0.3 is 10.1 Å². The topological polar surface area (TPSA) is 85.2 Å². The SMILES string of the molecule is CC(=O)Nc1nc(F)c(CN2C[C@H](Oc3ccnc4nn(C)cc34)C[C@@H]2C)s1. The van der Waals surface area contributed by atoms with E-state index in [2.05, 4.69) is 32.2 Å². The van der Waals surface area contributed by atoms with E-state index in [9.17, 15) is 9.18 Å². The molecule has 0 bridgehead atoms. The van der Waals surface area contributed by atoms with Gasteiger partial charge in [-0.05, 0) is 13.0 Å². The second-order valence-electron chi connectivity index (χ2n) is 7.02. The van der Waals surface area contributed by atoms with Gasteiger partial charge in [-0.2, -0.15) is 14.5 Å². The van der Waals surface area contributed by atoms with Crippen LogP contribution in [0.3, 0.4) is 0 Å². The van der Waals surface area contributed by atoms with Gasteiger partial charge in [0.25, 0.3) is 0 Å². The van der Waals surface area contributed by atoms with Crippen molar-refractivity contribution >= 4 is 33.4 Å². The number of rotatable bonds is 5. The second-order valence-corrected chi connectivity index (χ2v) is 8.10. The van der Waals surface area contributed by atoms with Gasteiger partial charge in [-0.25, -0.2) is 4.98 Å². The van der Waals surface area contributed by atoms with E-state index in [4.69, 9.17) is 4.74 Å². The highest BCUT2D eigenvalue weighted by Gasteiger charge is 2.32. The molecule has 4 rings (SSSR count). The zero-order chi connectivity index (χ0) is 19.8. The first kappa shape index (κ1) is 18.8. The van der Waals surface area contributed by atoms with Gasteiger partial charge in [0.05, 0.1) is 10.3 Å². The van der Waals surface area contributed by atoms with E-state index in [1.54, 1.807) is 10.9 Å². The van der Waals surface area contributed by atoms with Gasteiger partial charge in [0, 0.05) is 51.9 Å². The summed E-state index contributed by atoms with van der Waals surface area (Å²) in [6.45, 7) is 4.59. The van der Waals surface area contributed by atoms with Gasteiger partial charge in [-0.1, -0.05) is 11.3 Å². The van der Waals surface area contributed by atoms with Crippen molar-refractivity contribution in [1.29, 1.82) is 0 Å². The lowest BCUT2D eigenvalue weighted by molar-refractivity contribution is -0.114. The van der Waals surface area contributed by atoms with E-state index < -0.39 is 5.95 Å². The number of nitrogens with zero attached hydrogens (tertiary/aromatic N) is 5. The van der Waals surface area contributed by atoms with Gasteiger partial charge >= 0.3 is 0 Å². The van der Waals surface area contributed by atoms with E-state index in [0.717, 1.165) is 17.6 Å². The molecule has 2 atom stereocenters. The molecular formula is C18H21FN6O2S. The Morgan fingerprint density at radius 1 is 1.50 bits per heavy atom. The molecule has 0 aromatic carbocycles. The molecule has 3 aromatic heterocycles. The molecule has 4 heterocycles. The number of carbonyl (C=O) groups is 1. The zero-order valence-corrected chi connectivity index (χ0v) is 16.7. The molecular weight excluding hydrogens is 383 g/mol. The number of anilines is 1. The summed E-state index contributed by atoms with van der Waals surface area (Å²) in [5.74, 6) is -0.0343. The summed E-state index contributed by atoms with van der Waals surface area (Å²) in [7, 11) is 1.85. The molecule has 28 heavy (non-hydrogen) atoms. The number of thiazole rings is 1. The van der Waals surface area contributed by atoms with Gasteiger partial charge in [0.1, 0.15) is 11.9 Å². The highest BCUT2D eigenvalue weighted by Crippen LogP contribution is 2.30. The number of amides is 1. The molecule has 148 valence electrons. The lowest BCUT2D eigenvalue weighted by Gasteiger charge is -2.19. The summed E-state index contributed by atoms with van der Waals surface area (Å²) in [6, 6.07) is 2.09. The van der Waals surface area contributed by atoms with Crippen LogP contribution in [0.4, 0.5) is 9.52 Å². The number of hydrogen-bond donors (Lipinski definition) is 1. The number of halogens is 1. The van der Waals surface area contributed by atoms with Crippen LogP contribution >= 0.6 is 11.3 Å². The third kappa shape index (κ3) is 3.83. The molecule has 3 aromatic rings. The first-order valence-electron chi connectivity index (χ1n) is 9.01. The Bertz CT molecular complexity index is 1020. The second kappa shape index (κ2) is 7.44. The number of ether oxygens (including phenoxy) is 1. The largest absolute Gasteiger partial charge is 0.488 e. The lowest BCUT2D eigenvalue weighted by atomic mass is 10.2. The van der Waals surface area contributed by atoms with Crippen LogP contribution in [0.15, 0.2) is 18.5 Å². The highest BCUT2D eigenvalue weighted by molar-refractivity contribution is 7.15.